The van der Waals surface area contributed by atoms with Gasteiger partial charge < -0.3 is 19.3 Å². The maximum Gasteiger partial charge on any atom is 0.260 e. The van der Waals surface area contributed by atoms with Crippen molar-refractivity contribution in [1.29, 1.82) is 0 Å². The standard InChI is InChI=1S/C28H25FN4O3/c29-22-8-6-21(7-9-22)26-14-15-27(31-30-26)32-16-18-33(19-17-32)28(34)20-35-23-10-12-25(13-11-23)36-24-4-2-1-3-5-24/h1-15H,16-20H2. The molecule has 0 spiro atoms. The van der Waals surface area contributed by atoms with E-state index in [0.29, 0.717) is 43.4 Å². The first-order valence-corrected chi connectivity index (χ1v) is 11.7. The summed E-state index contributed by atoms with van der Waals surface area (Å²) in [7, 11) is 0. The molecule has 1 aliphatic rings. The second-order valence-electron chi connectivity index (χ2n) is 8.33. The summed E-state index contributed by atoms with van der Waals surface area (Å²) >= 11 is 0. The zero-order valence-corrected chi connectivity index (χ0v) is 19.6. The summed E-state index contributed by atoms with van der Waals surface area (Å²) in [6.45, 7) is 2.44. The minimum Gasteiger partial charge on any atom is -0.484 e. The quantitative estimate of drug-likeness (QED) is 0.375. The Kier molecular flexibility index (Phi) is 7.02. The Morgan fingerprint density at radius 1 is 0.750 bits per heavy atom. The van der Waals surface area contributed by atoms with Crippen molar-refractivity contribution in [2.75, 3.05) is 37.7 Å². The molecule has 0 radical (unpaired) electrons. The van der Waals surface area contributed by atoms with Crippen molar-refractivity contribution in [3.8, 4) is 28.5 Å². The summed E-state index contributed by atoms with van der Waals surface area (Å²) in [5.74, 6) is 2.48. The van der Waals surface area contributed by atoms with Gasteiger partial charge in [0.2, 0.25) is 0 Å². The summed E-state index contributed by atoms with van der Waals surface area (Å²) in [5.41, 5.74) is 1.49. The maximum atomic E-state index is 13.1. The van der Waals surface area contributed by atoms with Crippen LogP contribution in [0.3, 0.4) is 0 Å². The van der Waals surface area contributed by atoms with Crippen LogP contribution in [0, 0.1) is 5.82 Å². The number of piperazine rings is 1. The lowest BCUT2D eigenvalue weighted by molar-refractivity contribution is -0.133. The molecule has 0 saturated carbocycles. The molecule has 7 nitrogen and oxygen atoms in total. The summed E-state index contributed by atoms with van der Waals surface area (Å²) in [6, 6.07) is 26.7. The first-order valence-electron chi connectivity index (χ1n) is 11.7. The second-order valence-corrected chi connectivity index (χ2v) is 8.33. The van der Waals surface area contributed by atoms with Gasteiger partial charge in [0, 0.05) is 31.7 Å². The molecule has 3 aromatic carbocycles. The molecule has 1 fully saturated rings. The summed E-state index contributed by atoms with van der Waals surface area (Å²) < 4.78 is 24.6. The lowest BCUT2D eigenvalue weighted by atomic mass is 10.1. The van der Waals surface area contributed by atoms with Gasteiger partial charge in [0.1, 0.15) is 23.1 Å². The van der Waals surface area contributed by atoms with E-state index in [9.17, 15) is 9.18 Å². The van der Waals surface area contributed by atoms with Gasteiger partial charge in [0.05, 0.1) is 5.69 Å². The number of aromatic nitrogens is 2. The third-order valence-corrected chi connectivity index (χ3v) is 5.91. The number of para-hydroxylation sites is 1. The van der Waals surface area contributed by atoms with Gasteiger partial charge in [-0.05, 0) is 72.8 Å². The molecule has 0 N–H and O–H groups in total. The van der Waals surface area contributed by atoms with Crippen molar-refractivity contribution in [2.45, 2.75) is 0 Å². The number of nitrogens with zero attached hydrogens (tertiary/aromatic N) is 4. The Bertz CT molecular complexity index is 1280. The Balaban J connectivity index is 1.08. The van der Waals surface area contributed by atoms with E-state index in [4.69, 9.17) is 9.47 Å². The van der Waals surface area contributed by atoms with Gasteiger partial charge in [0.15, 0.2) is 12.4 Å². The molecule has 1 amide bonds. The molecular formula is C28H25FN4O3. The highest BCUT2D eigenvalue weighted by atomic mass is 19.1. The van der Waals surface area contributed by atoms with Crippen LogP contribution in [0.2, 0.25) is 0 Å². The largest absolute Gasteiger partial charge is 0.484 e. The van der Waals surface area contributed by atoms with Gasteiger partial charge in [-0.15, -0.1) is 10.2 Å². The van der Waals surface area contributed by atoms with E-state index in [0.717, 1.165) is 17.1 Å². The van der Waals surface area contributed by atoms with E-state index in [1.165, 1.54) is 12.1 Å². The van der Waals surface area contributed by atoms with E-state index < -0.39 is 0 Å². The topological polar surface area (TPSA) is 67.8 Å². The molecule has 0 aliphatic carbocycles. The van der Waals surface area contributed by atoms with E-state index >= 15 is 0 Å². The van der Waals surface area contributed by atoms with Crippen LogP contribution in [0.1, 0.15) is 0 Å². The molecule has 0 atom stereocenters. The highest BCUT2D eigenvalue weighted by Crippen LogP contribution is 2.24. The number of carbonyl (C=O) groups is 1. The zero-order chi connectivity index (χ0) is 24.7. The fourth-order valence-corrected chi connectivity index (χ4v) is 3.92. The van der Waals surface area contributed by atoms with E-state index in [1.54, 1.807) is 29.2 Å². The van der Waals surface area contributed by atoms with Crippen molar-refractivity contribution < 1.29 is 18.7 Å². The summed E-state index contributed by atoms with van der Waals surface area (Å²) in [6.07, 6.45) is 0. The number of hydrogen-bond donors (Lipinski definition) is 0. The fraction of sp³-hybridized carbons (Fsp3) is 0.179. The minimum atomic E-state index is -0.285. The average Bonchev–Trinajstić information content (AvgIpc) is 2.94. The Hall–Kier alpha value is -4.46. The normalized spacial score (nSPS) is 13.4. The van der Waals surface area contributed by atoms with Gasteiger partial charge in [-0.3, -0.25) is 4.79 Å². The number of anilines is 1. The summed E-state index contributed by atoms with van der Waals surface area (Å²) in [5, 5.41) is 8.60. The second kappa shape index (κ2) is 10.9. The van der Waals surface area contributed by atoms with Crippen LogP contribution >= 0.6 is 0 Å². The van der Waals surface area contributed by atoms with Crippen molar-refractivity contribution in [2.24, 2.45) is 0 Å². The summed E-state index contributed by atoms with van der Waals surface area (Å²) in [4.78, 5) is 16.5. The predicted octanol–water partition coefficient (Wildman–Crippen LogP) is 4.80. The molecule has 36 heavy (non-hydrogen) atoms. The highest BCUT2D eigenvalue weighted by molar-refractivity contribution is 5.78. The van der Waals surface area contributed by atoms with E-state index in [-0.39, 0.29) is 18.3 Å². The molecule has 1 saturated heterocycles. The average molecular weight is 485 g/mol. The van der Waals surface area contributed by atoms with Crippen LogP contribution in [-0.2, 0) is 4.79 Å². The molecule has 182 valence electrons. The third kappa shape index (κ3) is 5.78. The number of carbonyl (C=O) groups excluding carboxylic acids is 1. The molecule has 8 heteroatoms. The maximum absolute atomic E-state index is 13.1. The molecule has 0 bridgehead atoms. The van der Waals surface area contributed by atoms with Gasteiger partial charge in [0.25, 0.3) is 5.91 Å². The fourth-order valence-electron chi connectivity index (χ4n) is 3.92. The monoisotopic (exact) mass is 484 g/mol. The number of halogens is 1. The van der Waals surface area contributed by atoms with Crippen LogP contribution in [0.4, 0.5) is 10.2 Å². The molecule has 2 heterocycles. The first-order chi connectivity index (χ1) is 17.6. The smallest absolute Gasteiger partial charge is 0.260 e. The van der Waals surface area contributed by atoms with Crippen molar-refractivity contribution >= 4 is 11.7 Å². The SMILES string of the molecule is O=C(COc1ccc(Oc2ccccc2)cc1)N1CCN(c2ccc(-c3ccc(F)cc3)nn2)CC1. The van der Waals surface area contributed by atoms with Crippen molar-refractivity contribution in [1.82, 2.24) is 15.1 Å². The first kappa shape index (κ1) is 23.3. The third-order valence-electron chi connectivity index (χ3n) is 5.91. The lowest BCUT2D eigenvalue weighted by Gasteiger charge is -2.35. The number of amides is 1. The molecule has 4 aromatic rings. The van der Waals surface area contributed by atoms with Gasteiger partial charge in [-0.25, -0.2) is 4.39 Å². The Morgan fingerprint density at radius 3 is 2.08 bits per heavy atom. The number of hydrogen-bond acceptors (Lipinski definition) is 6. The number of benzene rings is 3. The van der Waals surface area contributed by atoms with Gasteiger partial charge >= 0.3 is 0 Å². The van der Waals surface area contributed by atoms with E-state index in [1.807, 2.05) is 54.6 Å². The molecular weight excluding hydrogens is 459 g/mol. The molecule has 1 aromatic heterocycles. The minimum absolute atomic E-state index is 0.0228. The molecule has 5 rings (SSSR count). The predicted molar refractivity (Wildman–Crippen MR) is 135 cm³/mol. The Morgan fingerprint density at radius 2 is 1.42 bits per heavy atom. The van der Waals surface area contributed by atoms with Crippen LogP contribution in [0.25, 0.3) is 11.3 Å². The number of ether oxygens (including phenoxy) is 2. The molecule has 0 unspecified atom stereocenters. The lowest BCUT2D eigenvalue weighted by Crippen LogP contribution is -2.50. The highest BCUT2D eigenvalue weighted by Gasteiger charge is 2.22. The Labute approximate surface area is 208 Å². The van der Waals surface area contributed by atoms with Gasteiger partial charge in [-0.2, -0.15) is 0 Å². The van der Waals surface area contributed by atoms with E-state index in [2.05, 4.69) is 15.1 Å². The van der Waals surface area contributed by atoms with Crippen LogP contribution in [0.15, 0.2) is 91.0 Å². The number of rotatable bonds is 7. The van der Waals surface area contributed by atoms with Gasteiger partial charge in [-0.1, -0.05) is 18.2 Å². The van der Waals surface area contributed by atoms with Crippen LogP contribution in [-0.4, -0.2) is 53.8 Å². The van der Waals surface area contributed by atoms with Crippen LogP contribution < -0.4 is 14.4 Å². The van der Waals surface area contributed by atoms with Crippen molar-refractivity contribution in [3.05, 3.63) is 96.8 Å². The molecule has 1 aliphatic heterocycles. The zero-order valence-electron chi connectivity index (χ0n) is 19.6. The van der Waals surface area contributed by atoms with Crippen molar-refractivity contribution in [3.63, 3.8) is 0 Å². The van der Waals surface area contributed by atoms with Crippen LogP contribution in [0.5, 0.6) is 17.2 Å².